The van der Waals surface area contributed by atoms with E-state index in [4.69, 9.17) is 35.4 Å². The van der Waals surface area contributed by atoms with Crippen LogP contribution in [-0.2, 0) is 0 Å². The molecule has 3 aromatic rings. The topological polar surface area (TPSA) is 131 Å². The highest BCUT2D eigenvalue weighted by Gasteiger charge is 2.28. The van der Waals surface area contributed by atoms with Gasteiger partial charge in [-0.25, -0.2) is 4.98 Å². The van der Waals surface area contributed by atoms with E-state index in [0.29, 0.717) is 16.6 Å². The van der Waals surface area contributed by atoms with E-state index >= 15 is 0 Å². The van der Waals surface area contributed by atoms with Crippen molar-refractivity contribution in [2.24, 2.45) is 16.5 Å². The van der Waals surface area contributed by atoms with Gasteiger partial charge >= 0.3 is 0 Å². The highest BCUT2D eigenvalue weighted by molar-refractivity contribution is 6.14. The van der Waals surface area contributed by atoms with E-state index in [0.717, 1.165) is 5.56 Å². The number of ether oxygens (including phenoxy) is 4. The molecule has 0 saturated heterocycles. The van der Waals surface area contributed by atoms with E-state index < -0.39 is 5.91 Å². The van der Waals surface area contributed by atoms with Gasteiger partial charge in [-0.3, -0.25) is 4.79 Å². The third-order valence-corrected chi connectivity index (χ3v) is 4.43. The lowest BCUT2D eigenvalue weighted by Crippen LogP contribution is -2.24. The van der Waals surface area contributed by atoms with Crippen molar-refractivity contribution in [1.29, 1.82) is 0 Å². The Bertz CT molecular complexity index is 1130. The first-order chi connectivity index (χ1) is 14.5. The average molecular weight is 410 g/mol. The monoisotopic (exact) mass is 410 g/mol. The first-order valence-electron chi connectivity index (χ1n) is 8.86. The summed E-state index contributed by atoms with van der Waals surface area (Å²) in [7, 11) is 5.84. The van der Waals surface area contributed by atoms with Gasteiger partial charge in [0.2, 0.25) is 11.5 Å². The molecule has 0 aliphatic heterocycles. The number of hydrogen-bond donors (Lipinski definition) is 2. The lowest BCUT2D eigenvalue weighted by molar-refractivity contribution is 0.100. The summed E-state index contributed by atoms with van der Waals surface area (Å²) in [5.41, 5.74) is 12.7. The standard InChI is InChI=1S/C21H22N4O5/c1-27-16-14-12(20(26)25-21(22)23)10-13(11-8-6-5-7-9-11)24-15(14)17(28-2)19(30-4)18(16)29-3/h5-10H,1-4H3,(H4,22,23,25,26). The second-order valence-electron chi connectivity index (χ2n) is 6.12. The highest BCUT2D eigenvalue weighted by Crippen LogP contribution is 2.51. The summed E-state index contributed by atoms with van der Waals surface area (Å²) in [4.78, 5) is 21.4. The van der Waals surface area contributed by atoms with Crippen LogP contribution >= 0.6 is 0 Å². The van der Waals surface area contributed by atoms with Crippen LogP contribution < -0.4 is 30.4 Å². The molecule has 30 heavy (non-hydrogen) atoms. The Hall–Kier alpha value is -4.01. The molecule has 4 N–H and O–H groups in total. The van der Waals surface area contributed by atoms with Gasteiger partial charge in [-0.15, -0.1) is 0 Å². The number of fused-ring (bicyclic) bond motifs is 1. The maximum Gasteiger partial charge on any atom is 0.281 e. The van der Waals surface area contributed by atoms with E-state index in [9.17, 15) is 4.79 Å². The number of methoxy groups -OCH3 is 4. The molecule has 0 spiro atoms. The Morgan fingerprint density at radius 1 is 0.867 bits per heavy atom. The number of carbonyl (C=O) groups excluding carboxylic acids is 1. The van der Waals surface area contributed by atoms with Gasteiger partial charge in [0.05, 0.1) is 45.1 Å². The van der Waals surface area contributed by atoms with Crippen LogP contribution in [0.2, 0.25) is 0 Å². The quantitative estimate of drug-likeness (QED) is 0.468. The number of aromatic nitrogens is 1. The van der Waals surface area contributed by atoms with Crippen molar-refractivity contribution in [2.45, 2.75) is 0 Å². The number of nitrogens with zero attached hydrogens (tertiary/aromatic N) is 2. The van der Waals surface area contributed by atoms with Crippen LogP contribution in [0, 0.1) is 0 Å². The number of hydrogen-bond acceptors (Lipinski definition) is 6. The molecule has 156 valence electrons. The number of amides is 1. The Morgan fingerprint density at radius 3 is 1.97 bits per heavy atom. The van der Waals surface area contributed by atoms with Crippen molar-refractivity contribution in [3.63, 3.8) is 0 Å². The molecule has 1 aromatic heterocycles. The smallest absolute Gasteiger partial charge is 0.281 e. The molecule has 9 heteroatoms. The molecular formula is C21H22N4O5. The van der Waals surface area contributed by atoms with Gasteiger partial charge in [0.25, 0.3) is 5.91 Å². The van der Waals surface area contributed by atoms with Gasteiger partial charge in [0.1, 0.15) is 5.52 Å². The predicted octanol–water partition coefficient (Wildman–Crippen LogP) is 2.35. The third-order valence-electron chi connectivity index (χ3n) is 4.43. The maximum absolute atomic E-state index is 12.9. The largest absolute Gasteiger partial charge is 0.492 e. The molecule has 0 aliphatic rings. The maximum atomic E-state index is 12.9. The fraction of sp³-hybridized carbons (Fsp3) is 0.190. The van der Waals surface area contributed by atoms with Gasteiger partial charge in [-0.05, 0) is 6.07 Å². The van der Waals surface area contributed by atoms with Crippen LogP contribution in [0.5, 0.6) is 23.0 Å². The van der Waals surface area contributed by atoms with Crippen molar-refractivity contribution in [1.82, 2.24) is 4.98 Å². The summed E-state index contributed by atoms with van der Waals surface area (Å²) in [6.07, 6.45) is 0. The van der Waals surface area contributed by atoms with Gasteiger partial charge in [-0.1, -0.05) is 30.3 Å². The van der Waals surface area contributed by atoms with Crippen molar-refractivity contribution in [2.75, 3.05) is 28.4 Å². The summed E-state index contributed by atoms with van der Waals surface area (Å²) in [6.45, 7) is 0. The number of rotatable bonds is 6. The molecule has 0 saturated carbocycles. The van der Waals surface area contributed by atoms with Crippen molar-refractivity contribution >= 4 is 22.8 Å². The zero-order valence-electron chi connectivity index (χ0n) is 17.1. The molecule has 0 radical (unpaired) electrons. The van der Waals surface area contributed by atoms with Crippen LogP contribution in [0.3, 0.4) is 0 Å². The SMILES string of the molecule is COc1c(OC)c(OC)c2c(C(=O)N=C(N)N)cc(-c3ccccc3)nc2c1OC. The number of benzene rings is 2. The van der Waals surface area contributed by atoms with Crippen LogP contribution in [-0.4, -0.2) is 45.3 Å². The molecule has 1 heterocycles. The number of aliphatic imine (C=N–C) groups is 1. The van der Waals surface area contributed by atoms with Crippen LogP contribution in [0.4, 0.5) is 0 Å². The summed E-state index contributed by atoms with van der Waals surface area (Å²) in [5, 5.41) is 0.335. The first-order valence-corrected chi connectivity index (χ1v) is 8.86. The van der Waals surface area contributed by atoms with Gasteiger partial charge in [-0.2, -0.15) is 4.99 Å². The summed E-state index contributed by atoms with van der Waals surface area (Å²) >= 11 is 0. The van der Waals surface area contributed by atoms with Crippen molar-refractivity contribution in [3.05, 3.63) is 42.0 Å². The van der Waals surface area contributed by atoms with E-state index in [2.05, 4.69) is 4.99 Å². The zero-order valence-corrected chi connectivity index (χ0v) is 17.1. The lowest BCUT2D eigenvalue weighted by Gasteiger charge is -2.20. The molecule has 3 rings (SSSR count). The van der Waals surface area contributed by atoms with E-state index in [-0.39, 0.29) is 34.5 Å². The minimum absolute atomic E-state index is 0.170. The summed E-state index contributed by atoms with van der Waals surface area (Å²) in [5.74, 6) is 0.0255. The molecule has 1 amide bonds. The number of pyridine rings is 1. The third kappa shape index (κ3) is 3.52. The van der Waals surface area contributed by atoms with Crippen molar-refractivity contribution in [3.8, 4) is 34.3 Å². The van der Waals surface area contributed by atoms with Gasteiger partial charge in [0, 0.05) is 5.56 Å². The normalized spacial score (nSPS) is 10.4. The Balaban J connectivity index is 2.54. The second kappa shape index (κ2) is 8.56. The van der Waals surface area contributed by atoms with Crippen LogP contribution in [0.15, 0.2) is 41.4 Å². The Morgan fingerprint density at radius 2 is 1.43 bits per heavy atom. The van der Waals surface area contributed by atoms with Crippen LogP contribution in [0.1, 0.15) is 10.4 Å². The minimum atomic E-state index is -0.660. The summed E-state index contributed by atoms with van der Waals surface area (Å²) < 4.78 is 22.1. The predicted molar refractivity (Wildman–Crippen MR) is 114 cm³/mol. The van der Waals surface area contributed by atoms with E-state index in [1.807, 2.05) is 30.3 Å². The molecule has 2 aromatic carbocycles. The highest BCUT2D eigenvalue weighted by atomic mass is 16.5. The number of nitrogens with two attached hydrogens (primary N) is 2. The minimum Gasteiger partial charge on any atom is -0.492 e. The molecule has 0 aliphatic carbocycles. The number of carbonyl (C=O) groups is 1. The van der Waals surface area contributed by atoms with Gasteiger partial charge in [0.15, 0.2) is 17.5 Å². The molecule has 0 bridgehead atoms. The molecule has 0 atom stereocenters. The second-order valence-corrected chi connectivity index (χ2v) is 6.12. The first kappa shape index (κ1) is 20.7. The fourth-order valence-electron chi connectivity index (χ4n) is 3.22. The molecule has 0 unspecified atom stereocenters. The van der Waals surface area contributed by atoms with Crippen molar-refractivity contribution < 1.29 is 23.7 Å². The molecular weight excluding hydrogens is 388 g/mol. The molecule has 9 nitrogen and oxygen atoms in total. The van der Waals surface area contributed by atoms with Gasteiger partial charge < -0.3 is 30.4 Å². The van der Waals surface area contributed by atoms with Crippen LogP contribution in [0.25, 0.3) is 22.2 Å². The number of guanidine groups is 1. The fourth-order valence-corrected chi connectivity index (χ4v) is 3.22. The molecule has 0 fully saturated rings. The summed E-state index contributed by atoms with van der Waals surface area (Å²) in [6, 6.07) is 10.9. The van der Waals surface area contributed by atoms with E-state index in [1.54, 1.807) is 6.07 Å². The zero-order chi connectivity index (χ0) is 21.8. The lowest BCUT2D eigenvalue weighted by atomic mass is 10.0. The Labute approximate surface area is 173 Å². The average Bonchev–Trinajstić information content (AvgIpc) is 2.76. The van der Waals surface area contributed by atoms with E-state index in [1.165, 1.54) is 28.4 Å². The Kier molecular flexibility index (Phi) is 5.91.